The highest BCUT2D eigenvalue weighted by Crippen LogP contribution is 2.18. The molecule has 0 radical (unpaired) electrons. The van der Waals surface area contributed by atoms with E-state index in [0.717, 1.165) is 15.6 Å². The van der Waals surface area contributed by atoms with Crippen LogP contribution in [0.3, 0.4) is 0 Å². The summed E-state index contributed by atoms with van der Waals surface area (Å²) < 4.78 is 0.997. The fraction of sp³-hybridized carbons (Fsp3) is 0.429. The van der Waals surface area contributed by atoms with Crippen molar-refractivity contribution in [3.63, 3.8) is 0 Å². The Morgan fingerprint density at radius 3 is 2.78 bits per heavy atom. The molecule has 0 heterocycles. The maximum atomic E-state index is 12.0. The first-order chi connectivity index (χ1) is 8.49. The zero-order valence-corrected chi connectivity index (χ0v) is 12.5. The fourth-order valence-corrected chi connectivity index (χ4v) is 2.14. The van der Waals surface area contributed by atoms with E-state index in [4.69, 9.17) is 5.26 Å². The van der Waals surface area contributed by atoms with Crippen LogP contribution < -0.4 is 0 Å². The van der Waals surface area contributed by atoms with Gasteiger partial charge in [-0.25, -0.2) is 0 Å². The van der Waals surface area contributed by atoms with Crippen molar-refractivity contribution in [2.45, 2.75) is 26.8 Å². The second-order valence-electron chi connectivity index (χ2n) is 4.36. The zero-order valence-electron chi connectivity index (χ0n) is 10.9. The lowest BCUT2D eigenvalue weighted by molar-refractivity contribution is -0.133. The summed E-state index contributed by atoms with van der Waals surface area (Å²) >= 11 is 3.42. The van der Waals surface area contributed by atoms with Crippen molar-refractivity contribution >= 4 is 21.8 Å². The number of hydrogen-bond acceptors (Lipinski definition) is 2. The molecular formula is C14H17BrN2O. The molecule has 3 nitrogen and oxygen atoms in total. The van der Waals surface area contributed by atoms with E-state index < -0.39 is 5.92 Å². The van der Waals surface area contributed by atoms with Gasteiger partial charge in [-0.05, 0) is 36.6 Å². The van der Waals surface area contributed by atoms with E-state index in [1.165, 1.54) is 0 Å². The number of benzene rings is 1. The molecule has 1 atom stereocenters. The monoisotopic (exact) mass is 308 g/mol. The predicted molar refractivity (Wildman–Crippen MR) is 74.7 cm³/mol. The molecule has 0 bridgehead atoms. The van der Waals surface area contributed by atoms with Crippen molar-refractivity contribution in [2.75, 3.05) is 7.05 Å². The highest BCUT2D eigenvalue weighted by molar-refractivity contribution is 9.10. The topological polar surface area (TPSA) is 44.1 Å². The standard InChI is InChI=1S/C14H17BrN2O/c1-4-11(8-16)14(18)17(3)9-12-7-13(15)6-5-10(12)2/h5-7,11H,4,9H2,1-3H3. The first kappa shape index (κ1) is 14.7. The third kappa shape index (κ3) is 3.58. The van der Waals surface area contributed by atoms with Gasteiger partial charge < -0.3 is 4.90 Å². The number of nitriles is 1. The Kier molecular flexibility index (Phi) is 5.36. The molecule has 0 aliphatic rings. The van der Waals surface area contributed by atoms with E-state index in [2.05, 4.69) is 15.9 Å². The summed E-state index contributed by atoms with van der Waals surface area (Å²) in [7, 11) is 1.74. The fourth-order valence-electron chi connectivity index (χ4n) is 1.73. The minimum atomic E-state index is -0.539. The van der Waals surface area contributed by atoms with Crippen molar-refractivity contribution < 1.29 is 4.79 Å². The molecule has 4 heteroatoms. The van der Waals surface area contributed by atoms with Crippen LogP contribution in [0, 0.1) is 24.2 Å². The molecule has 0 spiro atoms. The molecule has 0 aromatic heterocycles. The Balaban J connectivity index is 2.81. The molecule has 1 aromatic rings. The lowest BCUT2D eigenvalue weighted by Gasteiger charge is -2.20. The van der Waals surface area contributed by atoms with E-state index in [1.54, 1.807) is 11.9 Å². The van der Waals surface area contributed by atoms with Gasteiger partial charge in [-0.2, -0.15) is 5.26 Å². The molecule has 0 aliphatic carbocycles. The van der Waals surface area contributed by atoms with Gasteiger partial charge in [0.05, 0.1) is 6.07 Å². The SMILES string of the molecule is CCC(C#N)C(=O)N(C)Cc1cc(Br)ccc1C. The van der Waals surface area contributed by atoms with Gasteiger partial charge in [0.2, 0.25) is 5.91 Å². The smallest absolute Gasteiger partial charge is 0.239 e. The number of amides is 1. The van der Waals surface area contributed by atoms with Crippen molar-refractivity contribution in [2.24, 2.45) is 5.92 Å². The number of halogens is 1. The Morgan fingerprint density at radius 1 is 1.56 bits per heavy atom. The Bertz CT molecular complexity index is 479. The quantitative estimate of drug-likeness (QED) is 0.857. The number of rotatable bonds is 4. The minimum Gasteiger partial charge on any atom is -0.340 e. The maximum absolute atomic E-state index is 12.0. The van der Waals surface area contributed by atoms with Gasteiger partial charge in [0, 0.05) is 18.1 Å². The highest BCUT2D eigenvalue weighted by Gasteiger charge is 2.20. The van der Waals surface area contributed by atoms with Crippen LogP contribution in [0.1, 0.15) is 24.5 Å². The van der Waals surface area contributed by atoms with Crippen LogP contribution in [0.5, 0.6) is 0 Å². The van der Waals surface area contributed by atoms with Crippen LogP contribution >= 0.6 is 15.9 Å². The van der Waals surface area contributed by atoms with Crippen LogP contribution in [0.15, 0.2) is 22.7 Å². The molecule has 96 valence electrons. The lowest BCUT2D eigenvalue weighted by Crippen LogP contribution is -2.31. The summed E-state index contributed by atoms with van der Waals surface area (Å²) in [5.41, 5.74) is 2.23. The average molecular weight is 309 g/mol. The number of carbonyl (C=O) groups excluding carboxylic acids is 1. The molecule has 18 heavy (non-hydrogen) atoms. The van der Waals surface area contributed by atoms with Crippen molar-refractivity contribution in [1.29, 1.82) is 5.26 Å². The third-order valence-electron chi connectivity index (χ3n) is 2.96. The molecule has 1 rings (SSSR count). The molecule has 1 unspecified atom stereocenters. The molecule has 0 fully saturated rings. The highest BCUT2D eigenvalue weighted by atomic mass is 79.9. The molecule has 0 aliphatic heterocycles. The van der Waals surface area contributed by atoms with Gasteiger partial charge in [0.15, 0.2) is 0 Å². The second-order valence-corrected chi connectivity index (χ2v) is 5.27. The van der Waals surface area contributed by atoms with Crippen LogP contribution in [0.2, 0.25) is 0 Å². The van der Waals surface area contributed by atoms with Gasteiger partial charge in [0.1, 0.15) is 5.92 Å². The van der Waals surface area contributed by atoms with Crippen molar-refractivity contribution in [1.82, 2.24) is 4.90 Å². The summed E-state index contributed by atoms with van der Waals surface area (Å²) in [4.78, 5) is 13.6. The van der Waals surface area contributed by atoms with Gasteiger partial charge in [-0.1, -0.05) is 28.9 Å². The van der Waals surface area contributed by atoms with Crippen molar-refractivity contribution in [3.05, 3.63) is 33.8 Å². The summed E-state index contributed by atoms with van der Waals surface area (Å²) in [5, 5.41) is 8.91. The summed E-state index contributed by atoms with van der Waals surface area (Å²) in [6.45, 7) is 4.40. The Hall–Kier alpha value is -1.34. The molecule has 1 aromatic carbocycles. The van der Waals surface area contributed by atoms with Crippen LogP contribution in [0.4, 0.5) is 0 Å². The number of hydrogen-bond donors (Lipinski definition) is 0. The van der Waals surface area contributed by atoms with Gasteiger partial charge in [0.25, 0.3) is 0 Å². The summed E-state index contributed by atoms with van der Waals surface area (Å²) in [6.07, 6.45) is 0.553. The normalized spacial score (nSPS) is 11.7. The number of nitrogens with zero attached hydrogens (tertiary/aromatic N) is 2. The van der Waals surface area contributed by atoms with Crippen molar-refractivity contribution in [3.8, 4) is 6.07 Å². The molecule has 0 N–H and O–H groups in total. The van der Waals surface area contributed by atoms with Crippen LogP contribution in [0.25, 0.3) is 0 Å². The summed E-state index contributed by atoms with van der Waals surface area (Å²) in [5.74, 6) is -0.651. The largest absolute Gasteiger partial charge is 0.340 e. The van der Waals surface area contributed by atoms with E-state index in [0.29, 0.717) is 13.0 Å². The number of carbonyl (C=O) groups is 1. The second kappa shape index (κ2) is 6.55. The lowest BCUT2D eigenvalue weighted by atomic mass is 10.1. The maximum Gasteiger partial charge on any atom is 0.239 e. The molecule has 0 saturated carbocycles. The molecular weight excluding hydrogens is 292 g/mol. The van der Waals surface area contributed by atoms with E-state index >= 15 is 0 Å². The van der Waals surface area contributed by atoms with E-state index in [9.17, 15) is 4.79 Å². The van der Waals surface area contributed by atoms with Crippen LogP contribution in [-0.4, -0.2) is 17.9 Å². The first-order valence-corrected chi connectivity index (χ1v) is 6.68. The molecule has 1 amide bonds. The molecule has 0 saturated heterocycles. The minimum absolute atomic E-state index is 0.112. The van der Waals surface area contributed by atoms with E-state index in [1.807, 2.05) is 38.1 Å². The average Bonchev–Trinajstić information content (AvgIpc) is 2.35. The van der Waals surface area contributed by atoms with Gasteiger partial charge >= 0.3 is 0 Å². The zero-order chi connectivity index (χ0) is 13.7. The Labute approximate surface area is 117 Å². The van der Waals surface area contributed by atoms with Gasteiger partial charge in [-0.15, -0.1) is 0 Å². The summed E-state index contributed by atoms with van der Waals surface area (Å²) in [6, 6.07) is 8.04. The predicted octanol–water partition coefficient (Wildman–Crippen LogP) is 3.27. The van der Waals surface area contributed by atoms with Gasteiger partial charge in [-0.3, -0.25) is 4.79 Å². The van der Waals surface area contributed by atoms with E-state index in [-0.39, 0.29) is 5.91 Å². The third-order valence-corrected chi connectivity index (χ3v) is 3.45. The Morgan fingerprint density at radius 2 is 2.22 bits per heavy atom. The number of aryl methyl sites for hydroxylation is 1. The first-order valence-electron chi connectivity index (χ1n) is 5.89. The van der Waals surface area contributed by atoms with Crippen LogP contribution in [-0.2, 0) is 11.3 Å².